The first kappa shape index (κ1) is 23.9. The molecule has 2 amide bonds. The van der Waals surface area contributed by atoms with Gasteiger partial charge in [0, 0.05) is 12.6 Å². The smallest absolute Gasteiger partial charge is 0.339 e. The molecule has 0 saturated heterocycles. The molecule has 0 spiro atoms. The molecule has 0 saturated carbocycles. The number of carbonyl (C=O) groups is 3. The third-order valence-corrected chi connectivity index (χ3v) is 5.67. The van der Waals surface area contributed by atoms with E-state index >= 15 is 0 Å². The Hall–Kier alpha value is -3.73. The van der Waals surface area contributed by atoms with E-state index in [0.717, 1.165) is 11.8 Å². The van der Waals surface area contributed by atoms with Crippen molar-refractivity contribution in [1.29, 1.82) is 0 Å². The number of nitrogens with zero attached hydrogens (tertiary/aromatic N) is 3. The van der Waals surface area contributed by atoms with Crippen molar-refractivity contribution in [2.24, 2.45) is 7.05 Å². The molecule has 1 atom stereocenters. The van der Waals surface area contributed by atoms with Crippen LogP contribution < -0.4 is 10.6 Å². The fourth-order valence-corrected chi connectivity index (χ4v) is 3.69. The van der Waals surface area contributed by atoms with Gasteiger partial charge >= 0.3 is 5.97 Å². The molecule has 172 valence electrons. The van der Waals surface area contributed by atoms with Crippen LogP contribution in [0, 0.1) is 5.82 Å². The summed E-state index contributed by atoms with van der Waals surface area (Å²) < 4.78 is 19.5. The van der Waals surface area contributed by atoms with Gasteiger partial charge < -0.3 is 19.9 Å². The van der Waals surface area contributed by atoms with Crippen LogP contribution in [0.2, 0.25) is 0 Å². The molecular weight excluding hydrogens is 449 g/mol. The number of nitrogens with one attached hydrogen (secondary N) is 2. The maximum absolute atomic E-state index is 13.1. The Bertz CT molecular complexity index is 1170. The molecule has 33 heavy (non-hydrogen) atoms. The Morgan fingerprint density at radius 3 is 2.52 bits per heavy atom. The minimum Gasteiger partial charge on any atom is -0.465 e. The van der Waals surface area contributed by atoms with Gasteiger partial charge in [0.25, 0.3) is 5.91 Å². The first-order valence-electron chi connectivity index (χ1n) is 9.86. The van der Waals surface area contributed by atoms with Gasteiger partial charge in [-0.15, -0.1) is 10.2 Å². The summed E-state index contributed by atoms with van der Waals surface area (Å²) in [6, 6.07) is 11.3. The average molecular weight is 472 g/mol. The van der Waals surface area contributed by atoms with E-state index in [0.29, 0.717) is 22.2 Å². The van der Waals surface area contributed by atoms with E-state index in [9.17, 15) is 18.8 Å². The van der Waals surface area contributed by atoms with Gasteiger partial charge in [-0.25, -0.2) is 9.18 Å². The van der Waals surface area contributed by atoms with Crippen molar-refractivity contribution in [2.75, 3.05) is 18.2 Å². The minimum absolute atomic E-state index is 0.0256. The number of hydrogen-bond acceptors (Lipinski definition) is 7. The number of thioether (sulfide) groups is 1. The molecule has 1 heterocycles. The molecule has 1 aromatic heterocycles. The summed E-state index contributed by atoms with van der Waals surface area (Å²) in [5.74, 6) is -1.16. The summed E-state index contributed by atoms with van der Waals surface area (Å²) in [6.45, 7) is 1.75. The zero-order valence-electron chi connectivity index (χ0n) is 18.2. The second-order valence-electron chi connectivity index (χ2n) is 6.98. The van der Waals surface area contributed by atoms with Crippen molar-refractivity contribution in [1.82, 2.24) is 20.1 Å². The third-order valence-electron chi connectivity index (χ3n) is 4.65. The molecule has 0 aliphatic carbocycles. The lowest BCUT2D eigenvalue weighted by Gasteiger charge is -2.13. The maximum atomic E-state index is 13.1. The second-order valence-corrected chi connectivity index (χ2v) is 7.92. The number of anilines is 1. The van der Waals surface area contributed by atoms with Crippen LogP contribution in [0.25, 0.3) is 0 Å². The number of aromatic nitrogens is 3. The first-order chi connectivity index (χ1) is 15.8. The number of rotatable bonds is 8. The fraction of sp³-hybridized carbons (Fsp3) is 0.227. The van der Waals surface area contributed by atoms with Crippen molar-refractivity contribution in [2.45, 2.75) is 18.1 Å². The van der Waals surface area contributed by atoms with Gasteiger partial charge in [0.15, 0.2) is 11.0 Å². The van der Waals surface area contributed by atoms with Crippen molar-refractivity contribution < 1.29 is 23.5 Å². The summed E-state index contributed by atoms with van der Waals surface area (Å²) >= 11 is 1.16. The van der Waals surface area contributed by atoms with E-state index in [4.69, 9.17) is 4.74 Å². The van der Waals surface area contributed by atoms with E-state index in [-0.39, 0.29) is 23.1 Å². The summed E-state index contributed by atoms with van der Waals surface area (Å²) in [5, 5.41) is 14.2. The molecule has 9 nitrogen and oxygen atoms in total. The van der Waals surface area contributed by atoms with Crippen LogP contribution in [0.5, 0.6) is 0 Å². The quantitative estimate of drug-likeness (QED) is 0.383. The van der Waals surface area contributed by atoms with Gasteiger partial charge in [-0.1, -0.05) is 23.9 Å². The molecule has 0 aliphatic heterocycles. The molecule has 2 aromatic carbocycles. The minimum atomic E-state index is -0.548. The molecule has 0 unspecified atom stereocenters. The Kier molecular flexibility index (Phi) is 7.78. The number of carbonyl (C=O) groups excluding carboxylic acids is 3. The zero-order valence-corrected chi connectivity index (χ0v) is 19.0. The van der Waals surface area contributed by atoms with Crippen LogP contribution in [0.3, 0.4) is 0 Å². The largest absolute Gasteiger partial charge is 0.465 e. The molecule has 2 N–H and O–H groups in total. The predicted molar refractivity (Wildman–Crippen MR) is 120 cm³/mol. The Labute approximate surface area is 193 Å². The Morgan fingerprint density at radius 2 is 1.82 bits per heavy atom. The van der Waals surface area contributed by atoms with Gasteiger partial charge in [0.1, 0.15) is 5.82 Å². The number of hydrogen-bond donors (Lipinski definition) is 2. The summed E-state index contributed by atoms with van der Waals surface area (Å²) in [5.41, 5.74) is 0.930. The number of halogens is 1. The molecule has 0 aliphatic rings. The lowest BCUT2D eigenvalue weighted by atomic mass is 10.2. The summed E-state index contributed by atoms with van der Waals surface area (Å²) in [6.07, 6.45) is 0. The normalized spacial score (nSPS) is 11.5. The lowest BCUT2D eigenvalue weighted by molar-refractivity contribution is -0.113. The van der Waals surface area contributed by atoms with Crippen LogP contribution in [0.15, 0.2) is 53.7 Å². The molecule has 0 radical (unpaired) electrons. The number of benzene rings is 2. The number of para-hydroxylation sites is 1. The van der Waals surface area contributed by atoms with E-state index in [1.54, 1.807) is 42.8 Å². The number of esters is 1. The van der Waals surface area contributed by atoms with E-state index < -0.39 is 17.8 Å². The predicted octanol–water partition coefficient (Wildman–Crippen LogP) is 2.96. The van der Waals surface area contributed by atoms with Crippen LogP contribution in [0.4, 0.5) is 10.1 Å². The highest BCUT2D eigenvalue weighted by Crippen LogP contribution is 2.21. The number of amides is 2. The fourth-order valence-electron chi connectivity index (χ4n) is 2.97. The monoisotopic (exact) mass is 471 g/mol. The lowest BCUT2D eigenvalue weighted by Crippen LogP contribution is -2.28. The molecule has 0 fully saturated rings. The number of ether oxygens (including phenoxy) is 1. The topological polar surface area (TPSA) is 115 Å². The molecule has 0 bridgehead atoms. The Morgan fingerprint density at radius 1 is 1.12 bits per heavy atom. The van der Waals surface area contributed by atoms with Crippen LogP contribution in [0.1, 0.15) is 39.5 Å². The van der Waals surface area contributed by atoms with Crippen LogP contribution in [-0.4, -0.2) is 45.4 Å². The van der Waals surface area contributed by atoms with Crippen LogP contribution in [-0.2, 0) is 16.6 Å². The average Bonchev–Trinajstić information content (AvgIpc) is 3.18. The number of methoxy groups -OCH3 is 1. The van der Waals surface area contributed by atoms with Gasteiger partial charge in [0.2, 0.25) is 5.91 Å². The highest BCUT2D eigenvalue weighted by molar-refractivity contribution is 7.99. The standard InChI is InChI=1S/C22H22FN5O4S/c1-13(24-20(30)14-8-10-15(23)11-9-14)19-26-27-22(28(19)2)33-12-18(29)25-17-7-5-4-6-16(17)21(31)32-3/h4-11,13H,12H2,1-3H3,(H,24,30)(H,25,29)/t13-/m1/s1. The van der Waals surface area contributed by atoms with Crippen molar-refractivity contribution >= 4 is 35.2 Å². The SMILES string of the molecule is COC(=O)c1ccccc1NC(=O)CSc1nnc([C@@H](C)NC(=O)c2ccc(F)cc2)n1C. The van der Waals surface area contributed by atoms with Gasteiger partial charge in [-0.3, -0.25) is 9.59 Å². The molecule has 11 heteroatoms. The third kappa shape index (κ3) is 5.95. The summed E-state index contributed by atoms with van der Waals surface area (Å²) in [4.78, 5) is 36.6. The first-order valence-corrected chi connectivity index (χ1v) is 10.8. The highest BCUT2D eigenvalue weighted by Gasteiger charge is 2.20. The van der Waals surface area contributed by atoms with Gasteiger partial charge in [0.05, 0.1) is 30.2 Å². The van der Waals surface area contributed by atoms with Crippen molar-refractivity contribution in [3.8, 4) is 0 Å². The van der Waals surface area contributed by atoms with E-state index in [2.05, 4.69) is 20.8 Å². The van der Waals surface area contributed by atoms with Crippen molar-refractivity contribution in [3.63, 3.8) is 0 Å². The highest BCUT2D eigenvalue weighted by atomic mass is 32.2. The van der Waals surface area contributed by atoms with Crippen LogP contribution >= 0.6 is 11.8 Å². The Balaban J connectivity index is 1.60. The second kappa shape index (κ2) is 10.7. The van der Waals surface area contributed by atoms with E-state index in [1.807, 2.05) is 0 Å². The summed E-state index contributed by atoms with van der Waals surface area (Å²) in [7, 11) is 2.99. The van der Waals surface area contributed by atoms with Crippen molar-refractivity contribution in [3.05, 3.63) is 71.3 Å². The van der Waals surface area contributed by atoms with E-state index in [1.165, 1.54) is 31.4 Å². The molecule has 3 aromatic rings. The molecule has 3 rings (SSSR count). The molecular formula is C22H22FN5O4S. The van der Waals surface area contributed by atoms with Gasteiger partial charge in [-0.2, -0.15) is 0 Å². The maximum Gasteiger partial charge on any atom is 0.339 e. The zero-order chi connectivity index (χ0) is 24.0. The van der Waals surface area contributed by atoms with Gasteiger partial charge in [-0.05, 0) is 43.3 Å².